The van der Waals surface area contributed by atoms with E-state index < -0.39 is 12.0 Å². The van der Waals surface area contributed by atoms with Gasteiger partial charge < -0.3 is 14.8 Å². The molecule has 94 valence electrons. The van der Waals surface area contributed by atoms with Crippen molar-refractivity contribution >= 4 is 11.9 Å². The molecule has 0 aromatic rings. The van der Waals surface area contributed by atoms with Crippen molar-refractivity contribution in [3.05, 3.63) is 0 Å². The fourth-order valence-corrected chi connectivity index (χ4v) is 0.891. The Hall–Kier alpha value is -1.10. The average molecular weight is 231 g/mol. The summed E-state index contributed by atoms with van der Waals surface area (Å²) in [7, 11) is 0. The van der Waals surface area contributed by atoms with Crippen LogP contribution in [0, 0.1) is 0 Å². The predicted octanol–water partition coefficient (Wildman–Crippen LogP) is 0.869. The number of amides is 1. The van der Waals surface area contributed by atoms with Crippen LogP contribution >= 0.6 is 0 Å². The quantitative estimate of drug-likeness (QED) is 0.713. The summed E-state index contributed by atoms with van der Waals surface area (Å²) in [6, 6.07) is -0.643. The Labute approximate surface area is 96.5 Å². The molecule has 5 heteroatoms. The van der Waals surface area contributed by atoms with Crippen molar-refractivity contribution in [3.63, 3.8) is 0 Å². The van der Waals surface area contributed by atoms with Crippen molar-refractivity contribution in [1.29, 1.82) is 0 Å². The zero-order valence-electron chi connectivity index (χ0n) is 10.6. The number of rotatable bonds is 5. The number of ether oxygens (including phenoxy) is 2. The maximum Gasteiger partial charge on any atom is 0.328 e. The van der Waals surface area contributed by atoms with E-state index in [-0.39, 0.29) is 18.1 Å². The smallest absolute Gasteiger partial charge is 0.328 e. The van der Waals surface area contributed by atoms with Gasteiger partial charge in [-0.05, 0) is 34.6 Å². The van der Waals surface area contributed by atoms with Crippen molar-refractivity contribution in [1.82, 2.24) is 5.32 Å². The van der Waals surface area contributed by atoms with Gasteiger partial charge in [0, 0.05) is 0 Å². The van der Waals surface area contributed by atoms with E-state index in [0.29, 0.717) is 6.61 Å². The fraction of sp³-hybridized carbons (Fsp3) is 0.818. The second-order valence-electron chi connectivity index (χ2n) is 4.44. The molecule has 0 heterocycles. The van der Waals surface area contributed by atoms with Crippen LogP contribution in [0.25, 0.3) is 0 Å². The number of hydrogen-bond acceptors (Lipinski definition) is 4. The molecule has 0 aromatic carbocycles. The second-order valence-corrected chi connectivity index (χ2v) is 4.44. The molecule has 1 N–H and O–H groups in total. The third kappa shape index (κ3) is 7.23. The first-order valence-electron chi connectivity index (χ1n) is 5.36. The lowest BCUT2D eigenvalue weighted by Gasteiger charge is -2.20. The second kappa shape index (κ2) is 6.48. The summed E-state index contributed by atoms with van der Waals surface area (Å²) in [6.07, 6.45) is 0. The Morgan fingerprint density at radius 2 is 1.88 bits per heavy atom. The van der Waals surface area contributed by atoms with Gasteiger partial charge in [-0.2, -0.15) is 0 Å². The van der Waals surface area contributed by atoms with E-state index in [9.17, 15) is 9.59 Å². The van der Waals surface area contributed by atoms with Crippen LogP contribution in [0.2, 0.25) is 0 Å². The number of hydrogen-bond donors (Lipinski definition) is 1. The SMILES string of the molecule is CCOC(=O)C(C)NC(=O)COC(C)(C)C. The molecule has 0 aliphatic heterocycles. The van der Waals surface area contributed by atoms with Crippen molar-refractivity contribution < 1.29 is 19.1 Å². The van der Waals surface area contributed by atoms with E-state index in [1.807, 2.05) is 20.8 Å². The Morgan fingerprint density at radius 1 is 1.31 bits per heavy atom. The molecule has 0 aliphatic carbocycles. The lowest BCUT2D eigenvalue weighted by molar-refractivity contribution is -0.147. The number of carbonyl (C=O) groups is 2. The van der Waals surface area contributed by atoms with Crippen LogP contribution in [0.4, 0.5) is 0 Å². The van der Waals surface area contributed by atoms with Crippen molar-refractivity contribution in [2.24, 2.45) is 0 Å². The van der Waals surface area contributed by atoms with E-state index >= 15 is 0 Å². The molecule has 1 atom stereocenters. The highest BCUT2D eigenvalue weighted by Gasteiger charge is 2.18. The van der Waals surface area contributed by atoms with Gasteiger partial charge in [-0.3, -0.25) is 4.79 Å². The Kier molecular flexibility index (Phi) is 6.03. The number of nitrogens with one attached hydrogen (secondary N) is 1. The zero-order chi connectivity index (χ0) is 12.8. The topological polar surface area (TPSA) is 64.6 Å². The third-order valence-corrected chi connectivity index (χ3v) is 1.65. The summed E-state index contributed by atoms with van der Waals surface area (Å²) in [5.41, 5.74) is -0.371. The highest BCUT2D eigenvalue weighted by Crippen LogP contribution is 2.05. The molecule has 0 radical (unpaired) electrons. The fourth-order valence-electron chi connectivity index (χ4n) is 0.891. The summed E-state index contributed by atoms with van der Waals surface area (Å²) in [4.78, 5) is 22.6. The molecule has 1 unspecified atom stereocenters. The molecule has 0 rings (SSSR count). The van der Waals surface area contributed by atoms with Crippen LogP contribution in [0.1, 0.15) is 34.6 Å². The van der Waals surface area contributed by atoms with Crippen LogP contribution in [0.5, 0.6) is 0 Å². The molecule has 0 fully saturated rings. The molecular weight excluding hydrogens is 210 g/mol. The number of esters is 1. The molecule has 5 nitrogen and oxygen atoms in total. The number of carbonyl (C=O) groups excluding carboxylic acids is 2. The first-order chi connectivity index (χ1) is 7.26. The summed E-state index contributed by atoms with van der Waals surface area (Å²) >= 11 is 0. The summed E-state index contributed by atoms with van der Waals surface area (Å²) < 4.78 is 10.0. The Balaban J connectivity index is 3.92. The van der Waals surface area contributed by atoms with E-state index in [4.69, 9.17) is 9.47 Å². The molecule has 0 aliphatic rings. The van der Waals surface area contributed by atoms with Gasteiger partial charge in [-0.1, -0.05) is 0 Å². The van der Waals surface area contributed by atoms with Gasteiger partial charge in [0.2, 0.25) is 5.91 Å². The van der Waals surface area contributed by atoms with Gasteiger partial charge in [-0.25, -0.2) is 4.79 Å². The molecule has 0 saturated heterocycles. The van der Waals surface area contributed by atoms with Gasteiger partial charge in [0.1, 0.15) is 12.6 Å². The van der Waals surface area contributed by atoms with E-state index in [1.165, 1.54) is 0 Å². The minimum atomic E-state index is -0.643. The molecule has 0 saturated carbocycles. The van der Waals surface area contributed by atoms with Crippen LogP contribution in [0.3, 0.4) is 0 Å². The van der Waals surface area contributed by atoms with Crippen LogP contribution < -0.4 is 5.32 Å². The molecule has 0 bridgehead atoms. The van der Waals surface area contributed by atoms with E-state index in [1.54, 1.807) is 13.8 Å². The average Bonchev–Trinajstić information content (AvgIpc) is 2.14. The van der Waals surface area contributed by atoms with Gasteiger partial charge in [0.25, 0.3) is 0 Å². The monoisotopic (exact) mass is 231 g/mol. The highest BCUT2D eigenvalue weighted by molar-refractivity contribution is 5.84. The van der Waals surface area contributed by atoms with Gasteiger partial charge in [0.05, 0.1) is 12.2 Å². The van der Waals surface area contributed by atoms with Gasteiger partial charge >= 0.3 is 5.97 Å². The van der Waals surface area contributed by atoms with Gasteiger partial charge in [0.15, 0.2) is 0 Å². The summed E-state index contributed by atoms with van der Waals surface area (Å²) in [6.45, 7) is 9.10. The van der Waals surface area contributed by atoms with Crippen LogP contribution in [-0.4, -0.2) is 36.7 Å². The predicted molar refractivity (Wildman–Crippen MR) is 59.9 cm³/mol. The lowest BCUT2D eigenvalue weighted by atomic mass is 10.2. The first kappa shape index (κ1) is 14.9. The Morgan fingerprint density at radius 3 is 2.31 bits per heavy atom. The zero-order valence-corrected chi connectivity index (χ0v) is 10.6. The van der Waals surface area contributed by atoms with Crippen molar-refractivity contribution in [2.45, 2.75) is 46.3 Å². The van der Waals surface area contributed by atoms with Gasteiger partial charge in [-0.15, -0.1) is 0 Å². The minimum absolute atomic E-state index is 0.0623. The van der Waals surface area contributed by atoms with E-state index in [2.05, 4.69) is 5.32 Å². The highest BCUT2D eigenvalue weighted by atomic mass is 16.5. The lowest BCUT2D eigenvalue weighted by Crippen LogP contribution is -2.42. The van der Waals surface area contributed by atoms with Crippen LogP contribution in [-0.2, 0) is 19.1 Å². The first-order valence-corrected chi connectivity index (χ1v) is 5.36. The molecule has 0 spiro atoms. The molecule has 0 aromatic heterocycles. The molecule has 1 amide bonds. The molecule has 16 heavy (non-hydrogen) atoms. The minimum Gasteiger partial charge on any atom is -0.464 e. The maximum atomic E-state index is 11.4. The van der Waals surface area contributed by atoms with Crippen molar-refractivity contribution in [2.75, 3.05) is 13.2 Å². The standard InChI is InChI=1S/C11H21NO4/c1-6-15-10(14)8(2)12-9(13)7-16-11(3,4)5/h8H,6-7H2,1-5H3,(H,12,13). The normalized spacial score (nSPS) is 13.1. The molecular formula is C11H21NO4. The third-order valence-electron chi connectivity index (χ3n) is 1.65. The van der Waals surface area contributed by atoms with Crippen LogP contribution in [0.15, 0.2) is 0 Å². The largest absolute Gasteiger partial charge is 0.464 e. The summed E-state index contributed by atoms with van der Waals surface area (Å²) in [5.74, 6) is -0.762. The van der Waals surface area contributed by atoms with E-state index in [0.717, 1.165) is 0 Å². The Bertz CT molecular complexity index is 245. The maximum absolute atomic E-state index is 11.4. The van der Waals surface area contributed by atoms with Crippen molar-refractivity contribution in [3.8, 4) is 0 Å². The summed E-state index contributed by atoms with van der Waals surface area (Å²) in [5, 5.41) is 2.50.